The van der Waals surface area contributed by atoms with Crippen LogP contribution in [0.15, 0.2) is 90.0 Å². The van der Waals surface area contributed by atoms with Crippen molar-refractivity contribution in [1.29, 1.82) is 0 Å². The molecule has 6 nitrogen and oxygen atoms in total. The molecule has 0 unspecified atom stereocenters. The fraction of sp³-hybridized carbons (Fsp3) is 0.0870. The minimum Gasteiger partial charge on any atom is -0.478 e. The van der Waals surface area contributed by atoms with Gasteiger partial charge in [0, 0.05) is 29.6 Å². The van der Waals surface area contributed by atoms with E-state index < -0.39 is 16.0 Å². The fourth-order valence-electron chi connectivity index (χ4n) is 3.55. The third-order valence-corrected chi connectivity index (χ3v) is 6.49. The number of sulfonamides is 1. The normalized spacial score (nSPS) is 12.7. The van der Waals surface area contributed by atoms with Gasteiger partial charge < -0.3 is 10.1 Å². The highest BCUT2D eigenvalue weighted by atomic mass is 32.2. The van der Waals surface area contributed by atoms with Gasteiger partial charge in [-0.05, 0) is 35.4 Å². The molecule has 4 aromatic rings. The minimum absolute atomic E-state index is 0.0749. The lowest BCUT2D eigenvalue weighted by atomic mass is 9.91. The maximum absolute atomic E-state index is 12.9. The van der Waals surface area contributed by atoms with E-state index in [-0.39, 0.29) is 22.9 Å². The second-order valence-electron chi connectivity index (χ2n) is 6.94. The average molecular weight is 420 g/mol. The summed E-state index contributed by atoms with van der Waals surface area (Å²) in [5, 5.41) is 10.2. The molecule has 0 aliphatic carbocycles. The van der Waals surface area contributed by atoms with Crippen LogP contribution in [-0.2, 0) is 10.0 Å². The summed E-state index contributed by atoms with van der Waals surface area (Å²) in [7, 11) is -3.89. The summed E-state index contributed by atoms with van der Waals surface area (Å²) in [5.41, 5.74) is 2.86. The highest BCUT2D eigenvalue weighted by Gasteiger charge is 2.22. The molecule has 7 heteroatoms. The first-order chi connectivity index (χ1) is 14.5. The predicted octanol–water partition coefficient (Wildman–Crippen LogP) is 3.98. The van der Waals surface area contributed by atoms with Gasteiger partial charge in [-0.1, -0.05) is 54.6 Å². The van der Waals surface area contributed by atoms with E-state index in [2.05, 4.69) is 9.71 Å². The van der Waals surface area contributed by atoms with Crippen LogP contribution in [0, 0.1) is 0 Å². The van der Waals surface area contributed by atoms with E-state index in [4.69, 9.17) is 5.11 Å². The number of carbonyl (C=O) groups is 1. The number of para-hydroxylation sites is 1. The molecule has 1 atom stereocenters. The van der Waals surface area contributed by atoms with Crippen molar-refractivity contribution in [2.45, 2.75) is 10.8 Å². The van der Waals surface area contributed by atoms with Crippen molar-refractivity contribution >= 4 is 26.9 Å². The Labute approximate surface area is 174 Å². The number of H-pyrrole nitrogens is 1. The van der Waals surface area contributed by atoms with Crippen LogP contribution in [0.4, 0.5) is 0 Å². The number of aromatic amines is 1. The number of aromatic nitrogens is 1. The maximum Gasteiger partial charge on any atom is 0.335 e. The van der Waals surface area contributed by atoms with Gasteiger partial charge in [0.1, 0.15) is 0 Å². The smallest absolute Gasteiger partial charge is 0.335 e. The van der Waals surface area contributed by atoms with E-state index in [1.807, 2.05) is 60.8 Å². The number of rotatable bonds is 7. The molecular weight excluding hydrogens is 400 g/mol. The molecule has 4 rings (SSSR count). The van der Waals surface area contributed by atoms with E-state index in [1.54, 1.807) is 0 Å². The van der Waals surface area contributed by atoms with Gasteiger partial charge in [-0.25, -0.2) is 17.9 Å². The molecule has 0 spiro atoms. The number of carboxylic acids is 1. The first-order valence-corrected chi connectivity index (χ1v) is 10.9. The van der Waals surface area contributed by atoms with Gasteiger partial charge in [0.2, 0.25) is 10.0 Å². The van der Waals surface area contributed by atoms with Crippen molar-refractivity contribution in [3.05, 3.63) is 102 Å². The average Bonchev–Trinajstić information content (AvgIpc) is 3.19. The van der Waals surface area contributed by atoms with E-state index >= 15 is 0 Å². The maximum atomic E-state index is 12.9. The van der Waals surface area contributed by atoms with E-state index in [0.29, 0.717) is 0 Å². The van der Waals surface area contributed by atoms with Crippen LogP contribution in [0.1, 0.15) is 27.4 Å². The van der Waals surface area contributed by atoms with Gasteiger partial charge in [0.15, 0.2) is 0 Å². The summed E-state index contributed by atoms with van der Waals surface area (Å²) < 4.78 is 28.4. The first-order valence-electron chi connectivity index (χ1n) is 9.40. The van der Waals surface area contributed by atoms with Gasteiger partial charge in [-0.3, -0.25) is 0 Å². The molecule has 3 N–H and O–H groups in total. The van der Waals surface area contributed by atoms with Gasteiger partial charge in [0.05, 0.1) is 10.5 Å². The molecule has 1 heterocycles. The quantitative estimate of drug-likeness (QED) is 0.421. The molecular formula is C23H20N2O4S. The van der Waals surface area contributed by atoms with E-state index in [1.165, 1.54) is 18.2 Å². The number of fused-ring (bicyclic) bond motifs is 1. The van der Waals surface area contributed by atoms with Gasteiger partial charge >= 0.3 is 5.97 Å². The van der Waals surface area contributed by atoms with Crippen LogP contribution in [0.2, 0.25) is 0 Å². The summed E-state index contributed by atoms with van der Waals surface area (Å²) in [4.78, 5) is 14.4. The standard InChI is InChI=1S/C23H20N2O4S/c26-23(27)17-9-6-10-18(13-17)30(28,29)25-15-20(16-7-2-1-3-8-16)21-14-24-22-12-5-4-11-19(21)22/h1-14,20,24-25H,15H2,(H,26,27)/t20-/m1/s1. The van der Waals surface area contributed by atoms with Crippen LogP contribution in [0.5, 0.6) is 0 Å². The highest BCUT2D eigenvalue weighted by molar-refractivity contribution is 7.89. The van der Waals surface area contributed by atoms with Crippen LogP contribution in [0.25, 0.3) is 10.9 Å². The summed E-state index contributed by atoms with van der Waals surface area (Å²) in [6, 6.07) is 22.9. The molecule has 152 valence electrons. The van der Waals surface area contributed by atoms with Crippen molar-refractivity contribution < 1.29 is 18.3 Å². The molecule has 0 bridgehead atoms. The molecule has 0 fully saturated rings. The van der Waals surface area contributed by atoms with Crippen LogP contribution < -0.4 is 4.72 Å². The monoisotopic (exact) mass is 420 g/mol. The van der Waals surface area contributed by atoms with Crippen molar-refractivity contribution in [2.75, 3.05) is 6.54 Å². The van der Waals surface area contributed by atoms with Crippen molar-refractivity contribution in [2.24, 2.45) is 0 Å². The predicted molar refractivity (Wildman–Crippen MR) is 115 cm³/mol. The Balaban J connectivity index is 1.68. The molecule has 0 aliphatic rings. The summed E-state index contributed by atoms with van der Waals surface area (Å²) >= 11 is 0. The SMILES string of the molecule is O=C(O)c1cccc(S(=O)(=O)NC[C@H](c2ccccc2)c2c[nH]c3ccccc23)c1. The highest BCUT2D eigenvalue weighted by Crippen LogP contribution is 2.30. The minimum atomic E-state index is -3.89. The van der Waals surface area contributed by atoms with Crippen molar-refractivity contribution in [3.63, 3.8) is 0 Å². The molecule has 0 amide bonds. The molecule has 0 radical (unpaired) electrons. The lowest BCUT2D eigenvalue weighted by Gasteiger charge is -2.18. The Kier molecular flexibility index (Phi) is 5.39. The second kappa shape index (κ2) is 8.14. The second-order valence-corrected chi connectivity index (χ2v) is 8.70. The number of benzene rings is 3. The third-order valence-electron chi connectivity index (χ3n) is 5.07. The number of carboxylic acid groups (broad SMARTS) is 1. The third kappa shape index (κ3) is 3.98. The topological polar surface area (TPSA) is 99.3 Å². The van der Waals surface area contributed by atoms with Crippen molar-refractivity contribution in [1.82, 2.24) is 9.71 Å². The number of hydrogen-bond donors (Lipinski definition) is 3. The van der Waals surface area contributed by atoms with Crippen LogP contribution >= 0.6 is 0 Å². The number of hydrogen-bond acceptors (Lipinski definition) is 3. The molecule has 30 heavy (non-hydrogen) atoms. The fourth-order valence-corrected chi connectivity index (χ4v) is 4.64. The Bertz CT molecular complexity index is 1300. The molecule has 0 saturated carbocycles. The largest absolute Gasteiger partial charge is 0.478 e. The molecule has 0 saturated heterocycles. The zero-order valence-corrected chi connectivity index (χ0v) is 16.8. The number of aromatic carboxylic acids is 1. The molecule has 1 aromatic heterocycles. The number of nitrogens with one attached hydrogen (secondary N) is 2. The Morgan fingerprint density at radius 3 is 2.47 bits per heavy atom. The van der Waals surface area contributed by atoms with E-state index in [0.717, 1.165) is 28.1 Å². The Morgan fingerprint density at radius 1 is 0.967 bits per heavy atom. The zero-order valence-electron chi connectivity index (χ0n) is 15.9. The lowest BCUT2D eigenvalue weighted by molar-refractivity contribution is 0.0696. The van der Waals surface area contributed by atoms with Gasteiger partial charge in [-0.2, -0.15) is 0 Å². The Hall–Kier alpha value is -3.42. The lowest BCUT2D eigenvalue weighted by Crippen LogP contribution is -2.29. The van der Waals surface area contributed by atoms with Crippen LogP contribution in [0.3, 0.4) is 0 Å². The zero-order chi connectivity index (χ0) is 21.1. The molecule has 0 aliphatic heterocycles. The van der Waals surface area contributed by atoms with Crippen molar-refractivity contribution in [3.8, 4) is 0 Å². The molecule has 3 aromatic carbocycles. The first kappa shape index (κ1) is 19.9. The van der Waals surface area contributed by atoms with Gasteiger partial charge in [0.25, 0.3) is 0 Å². The summed E-state index contributed by atoms with van der Waals surface area (Å²) in [6.45, 7) is 0.130. The van der Waals surface area contributed by atoms with Crippen LogP contribution in [-0.4, -0.2) is 31.0 Å². The van der Waals surface area contributed by atoms with Gasteiger partial charge in [-0.15, -0.1) is 0 Å². The Morgan fingerprint density at radius 2 is 1.70 bits per heavy atom. The summed E-state index contributed by atoms with van der Waals surface area (Å²) in [5.74, 6) is -1.40. The summed E-state index contributed by atoms with van der Waals surface area (Å²) in [6.07, 6.45) is 1.90. The van der Waals surface area contributed by atoms with E-state index in [9.17, 15) is 13.2 Å².